The van der Waals surface area contributed by atoms with Crippen LogP contribution in [0, 0.1) is 27.7 Å². The summed E-state index contributed by atoms with van der Waals surface area (Å²) in [4.78, 5) is 27.8. The molecular formula is C47H72N6O. The molecule has 7 nitrogen and oxygen atoms in total. The van der Waals surface area contributed by atoms with E-state index in [4.69, 9.17) is 0 Å². The van der Waals surface area contributed by atoms with Gasteiger partial charge in [-0.2, -0.15) is 0 Å². The van der Waals surface area contributed by atoms with Crippen LogP contribution in [-0.2, 0) is 0 Å². The van der Waals surface area contributed by atoms with Gasteiger partial charge in [0.2, 0.25) is 0 Å². The first kappa shape index (κ1) is 50.9. The fraction of sp³-hybridized carbons (Fsp3) is 0.383. The first-order valence-electron chi connectivity index (χ1n) is 18.5. The quantitative estimate of drug-likeness (QED) is 0.178. The molecule has 4 rings (SSSR count). The Labute approximate surface area is 330 Å². The van der Waals surface area contributed by atoms with Gasteiger partial charge in [-0.3, -0.25) is 19.6 Å². The Bertz CT molecular complexity index is 1800. The van der Waals surface area contributed by atoms with E-state index >= 15 is 0 Å². The zero-order valence-electron chi connectivity index (χ0n) is 37.4. The fourth-order valence-electron chi connectivity index (χ4n) is 5.88. The van der Waals surface area contributed by atoms with Crippen molar-refractivity contribution in [3.05, 3.63) is 143 Å². The molecule has 7 heteroatoms. The van der Waals surface area contributed by atoms with Crippen molar-refractivity contribution in [1.82, 2.24) is 9.80 Å². The maximum Gasteiger partial charge on any atom is 0.160 e. The molecule has 54 heavy (non-hydrogen) atoms. The molecule has 0 amide bonds. The van der Waals surface area contributed by atoms with Crippen LogP contribution in [0.5, 0.6) is 0 Å². The van der Waals surface area contributed by atoms with Crippen molar-refractivity contribution >= 4 is 29.6 Å². The third-order valence-corrected chi connectivity index (χ3v) is 9.46. The zero-order chi connectivity index (χ0) is 42.9. The first-order valence-corrected chi connectivity index (χ1v) is 18.5. The number of rotatable bonds is 4. The molecule has 0 spiro atoms. The number of hydrogen-bond donors (Lipinski definition) is 0. The molecule has 0 saturated carbocycles. The van der Waals surface area contributed by atoms with Gasteiger partial charge in [0.1, 0.15) is 11.6 Å². The van der Waals surface area contributed by atoms with Crippen LogP contribution in [0.4, 0.5) is 11.4 Å². The predicted molar refractivity (Wildman–Crippen MR) is 243 cm³/mol. The van der Waals surface area contributed by atoms with E-state index < -0.39 is 0 Å². The molecule has 0 atom stereocenters. The number of nitrogens with zero attached hydrogens (tertiary/aromatic N) is 6. The highest BCUT2D eigenvalue weighted by Crippen LogP contribution is 2.39. The zero-order valence-corrected chi connectivity index (χ0v) is 37.4. The van der Waals surface area contributed by atoms with Crippen molar-refractivity contribution in [3.63, 3.8) is 0 Å². The number of aliphatic imine (C=N–C) groups is 2. The number of Topliss-reactive ketones (excluding diaryl/α,β-unsaturated/α-hetero) is 1. The van der Waals surface area contributed by atoms with Gasteiger partial charge in [-0.15, -0.1) is 13.2 Å². The van der Waals surface area contributed by atoms with E-state index in [9.17, 15) is 4.79 Å². The van der Waals surface area contributed by atoms with Gasteiger partial charge in [-0.05, 0) is 121 Å². The molecule has 2 aromatic carbocycles. The summed E-state index contributed by atoms with van der Waals surface area (Å²) >= 11 is 0. The minimum Gasteiger partial charge on any atom is -0.335 e. The Morgan fingerprint density at radius 2 is 0.870 bits per heavy atom. The Morgan fingerprint density at radius 1 is 0.574 bits per heavy atom. The van der Waals surface area contributed by atoms with Crippen molar-refractivity contribution < 1.29 is 4.79 Å². The average Bonchev–Trinajstić information content (AvgIpc) is 3.15. The van der Waals surface area contributed by atoms with Crippen molar-refractivity contribution in [2.45, 2.75) is 96.9 Å². The monoisotopic (exact) mass is 737 g/mol. The van der Waals surface area contributed by atoms with E-state index in [-0.39, 0.29) is 5.78 Å². The highest BCUT2D eigenvalue weighted by Gasteiger charge is 2.29. The van der Waals surface area contributed by atoms with Crippen molar-refractivity contribution in [2.24, 2.45) is 9.98 Å². The number of aryl methyl sites for hydroxylation is 4. The lowest BCUT2D eigenvalue weighted by molar-refractivity contribution is 0.101. The summed E-state index contributed by atoms with van der Waals surface area (Å²) in [6.45, 7) is 54.3. The molecule has 0 saturated heterocycles. The summed E-state index contributed by atoms with van der Waals surface area (Å²) in [7, 11) is 7.51. The standard InChI is InChI=1S/C20H27N3.C19H24N2O.C2H5N.2C2H6.C2H4/c1-12-10-13(2)20(11-19(12)15(4)21-8)23-17(6)14(3)16(5)22(9)18(23)7;1-11-9-12(2)19(10-18(11)16(6)22)21-15(5)13(3)14(4)20(8)17(21)7;1-3-2;3*1-2/h10-11H,6-7H2,1-5,8-9H3;9-10H,5,7H2,1-4,6,8H3;1H2,2H3;2*1-2H3;1-2H2. The van der Waals surface area contributed by atoms with Crippen molar-refractivity contribution in [3.8, 4) is 0 Å². The molecule has 2 heterocycles. The number of benzene rings is 2. The van der Waals surface area contributed by atoms with Gasteiger partial charge >= 0.3 is 0 Å². The first-order chi connectivity index (χ1) is 25.3. The van der Waals surface area contributed by atoms with E-state index in [0.717, 1.165) is 68.1 Å². The number of hydrogen-bond acceptors (Lipinski definition) is 7. The third-order valence-electron chi connectivity index (χ3n) is 9.46. The highest BCUT2D eigenvalue weighted by atomic mass is 16.1. The molecule has 2 aliphatic rings. The lowest BCUT2D eigenvalue weighted by Crippen LogP contribution is -2.37. The number of ketones is 1. The lowest BCUT2D eigenvalue weighted by atomic mass is 9.98. The summed E-state index contributed by atoms with van der Waals surface area (Å²) in [5, 5.41) is 0. The van der Waals surface area contributed by atoms with Gasteiger partial charge in [-0.1, -0.05) is 66.1 Å². The molecule has 0 aromatic heterocycles. The Hall–Kier alpha value is -5.17. The van der Waals surface area contributed by atoms with E-state index in [0.29, 0.717) is 0 Å². The Morgan fingerprint density at radius 3 is 1.17 bits per heavy atom. The molecule has 2 aromatic rings. The molecule has 0 bridgehead atoms. The van der Waals surface area contributed by atoms with Gasteiger partial charge in [0.05, 0.1) is 11.4 Å². The molecule has 0 fully saturated rings. The minimum absolute atomic E-state index is 0.0729. The smallest absolute Gasteiger partial charge is 0.160 e. The average molecular weight is 737 g/mol. The fourth-order valence-corrected chi connectivity index (χ4v) is 5.88. The molecule has 0 unspecified atom stereocenters. The number of allylic oxidation sites excluding steroid dienone is 4. The number of carbonyl (C=O) groups excluding carboxylic acids is 1. The van der Waals surface area contributed by atoms with Crippen LogP contribution in [0.15, 0.2) is 119 Å². The Kier molecular flexibility index (Phi) is 22.2. The summed E-state index contributed by atoms with van der Waals surface area (Å²) in [5.74, 6) is 1.83. The molecule has 2 aliphatic heterocycles. The van der Waals surface area contributed by atoms with Crippen LogP contribution in [0.1, 0.15) is 107 Å². The Balaban J connectivity index is 0. The summed E-state index contributed by atoms with van der Waals surface area (Å²) in [6, 6.07) is 8.41. The van der Waals surface area contributed by atoms with Crippen LogP contribution in [-0.4, -0.2) is 56.2 Å². The van der Waals surface area contributed by atoms with Gasteiger partial charge in [0.15, 0.2) is 5.78 Å². The van der Waals surface area contributed by atoms with Crippen LogP contribution in [0.25, 0.3) is 0 Å². The highest BCUT2D eigenvalue weighted by molar-refractivity contribution is 6.01. The second-order valence-electron chi connectivity index (χ2n) is 12.5. The third kappa shape index (κ3) is 11.4. The SMILES string of the molecule is C=C.C=C1C(C)=C(C)N(C)C(=C)N1c1cc(C(C)=NC)c(C)cc1C.C=C1C(C)=C(C)N(C)C(=C)N1c1cc(C(C)=O)c(C)cc1C.C=NC.CC.CC. The maximum atomic E-state index is 11.9. The van der Waals surface area contributed by atoms with Crippen molar-refractivity contribution in [2.75, 3.05) is 38.0 Å². The second-order valence-corrected chi connectivity index (χ2v) is 12.5. The second kappa shape index (κ2) is 23.5. The van der Waals surface area contributed by atoms with E-state index in [1.165, 1.54) is 28.0 Å². The lowest BCUT2D eigenvalue weighted by Gasteiger charge is -2.41. The number of carbonyl (C=O) groups is 1. The minimum atomic E-state index is 0.0729. The molecule has 296 valence electrons. The van der Waals surface area contributed by atoms with Gasteiger partial charge in [0.25, 0.3) is 0 Å². The molecule has 0 N–H and O–H groups in total. The largest absolute Gasteiger partial charge is 0.335 e. The van der Waals surface area contributed by atoms with Crippen LogP contribution < -0.4 is 9.80 Å². The summed E-state index contributed by atoms with van der Waals surface area (Å²) in [6.07, 6.45) is 0. The normalized spacial score (nSPS) is 14.0. The van der Waals surface area contributed by atoms with Gasteiger partial charge < -0.3 is 14.8 Å². The van der Waals surface area contributed by atoms with Gasteiger partial charge in [0, 0.05) is 67.8 Å². The van der Waals surface area contributed by atoms with Crippen LogP contribution in [0.2, 0.25) is 0 Å². The number of anilines is 2. The summed E-state index contributed by atoms with van der Waals surface area (Å²) < 4.78 is 0. The van der Waals surface area contributed by atoms with Crippen molar-refractivity contribution in [1.29, 1.82) is 0 Å². The van der Waals surface area contributed by atoms with E-state index in [2.05, 4.69) is 125 Å². The van der Waals surface area contributed by atoms with E-state index in [1.54, 1.807) is 14.0 Å². The molecular weight excluding hydrogens is 665 g/mol. The molecule has 0 radical (unpaired) electrons. The van der Waals surface area contributed by atoms with Crippen LogP contribution in [0.3, 0.4) is 0 Å². The maximum absolute atomic E-state index is 11.9. The summed E-state index contributed by atoms with van der Waals surface area (Å²) in [5.41, 5.74) is 16.1. The van der Waals surface area contributed by atoms with Crippen LogP contribution >= 0.6 is 0 Å². The molecule has 0 aliphatic carbocycles. The predicted octanol–water partition coefficient (Wildman–Crippen LogP) is 12.5. The van der Waals surface area contributed by atoms with Gasteiger partial charge in [-0.25, -0.2) is 0 Å². The topological polar surface area (TPSA) is 54.8 Å². The van der Waals surface area contributed by atoms with E-state index in [1.807, 2.05) is 86.6 Å².